The van der Waals surface area contributed by atoms with E-state index in [2.05, 4.69) is 11.1 Å². The summed E-state index contributed by atoms with van der Waals surface area (Å²) in [6, 6.07) is 8.09. The molecule has 94 valence electrons. The summed E-state index contributed by atoms with van der Waals surface area (Å²) in [5, 5.41) is 12.1. The molecule has 4 heteroatoms. The number of aromatic nitrogens is 1. The smallest absolute Gasteiger partial charge is 0.122 e. The Labute approximate surface area is 110 Å². The maximum Gasteiger partial charge on any atom is 0.122 e. The van der Waals surface area contributed by atoms with Gasteiger partial charge in [-0.15, -0.1) is 11.3 Å². The first-order valence-electron chi connectivity index (χ1n) is 6.12. The minimum atomic E-state index is -0.479. The van der Waals surface area contributed by atoms with Crippen LogP contribution in [0.5, 0.6) is 5.75 Å². The van der Waals surface area contributed by atoms with Crippen LogP contribution >= 0.6 is 11.3 Å². The molecule has 0 saturated heterocycles. The van der Waals surface area contributed by atoms with E-state index in [0.717, 1.165) is 24.5 Å². The zero-order valence-electron chi connectivity index (χ0n) is 9.95. The Balaban J connectivity index is 1.78. The summed E-state index contributed by atoms with van der Waals surface area (Å²) >= 11 is 1.52. The lowest BCUT2D eigenvalue weighted by molar-refractivity contribution is 0.141. The number of thiazole rings is 1. The molecule has 1 aliphatic rings. The van der Waals surface area contributed by atoms with Gasteiger partial charge in [0.2, 0.25) is 0 Å². The van der Waals surface area contributed by atoms with E-state index < -0.39 is 6.10 Å². The molecule has 0 bridgehead atoms. The highest BCUT2D eigenvalue weighted by Gasteiger charge is 2.24. The van der Waals surface area contributed by atoms with Crippen LogP contribution in [0, 0.1) is 0 Å². The van der Waals surface area contributed by atoms with Crippen LogP contribution in [0.15, 0.2) is 35.2 Å². The lowest BCUT2D eigenvalue weighted by Crippen LogP contribution is -2.16. The molecule has 0 saturated carbocycles. The van der Waals surface area contributed by atoms with Crippen LogP contribution in [0.1, 0.15) is 36.1 Å². The summed E-state index contributed by atoms with van der Waals surface area (Å²) < 4.78 is 5.63. The molecule has 2 aromatic rings. The second kappa shape index (κ2) is 5.08. The molecule has 2 unspecified atom stereocenters. The first-order chi connectivity index (χ1) is 8.84. The van der Waals surface area contributed by atoms with Crippen molar-refractivity contribution in [3.8, 4) is 5.75 Å². The number of ether oxygens (including phenoxy) is 1. The molecule has 3 nitrogen and oxygen atoms in total. The summed E-state index contributed by atoms with van der Waals surface area (Å²) in [5.74, 6) is 1.31. The topological polar surface area (TPSA) is 42.4 Å². The number of hydrogen-bond acceptors (Lipinski definition) is 4. The van der Waals surface area contributed by atoms with Gasteiger partial charge in [-0.2, -0.15) is 0 Å². The maximum absolute atomic E-state index is 10.2. The summed E-state index contributed by atoms with van der Waals surface area (Å²) in [6.45, 7) is 0.728. The van der Waals surface area contributed by atoms with Crippen molar-refractivity contribution in [2.24, 2.45) is 0 Å². The zero-order valence-corrected chi connectivity index (χ0v) is 10.8. The fourth-order valence-corrected chi connectivity index (χ4v) is 3.04. The van der Waals surface area contributed by atoms with Crippen molar-refractivity contribution < 1.29 is 9.84 Å². The standard InChI is InChI=1S/C14H15NO2S/c16-13(12-8-18-9-15-12)7-10-5-6-17-14-4-2-1-3-11(10)14/h1-4,8-10,13,16H,5-7H2. The molecule has 0 amide bonds. The van der Waals surface area contributed by atoms with Crippen LogP contribution in [0.25, 0.3) is 0 Å². The normalized spacial score (nSPS) is 19.9. The Kier molecular flexibility index (Phi) is 3.30. The monoisotopic (exact) mass is 261 g/mol. The van der Waals surface area contributed by atoms with E-state index in [-0.39, 0.29) is 0 Å². The van der Waals surface area contributed by atoms with Crippen LogP contribution in [-0.4, -0.2) is 16.7 Å². The highest BCUT2D eigenvalue weighted by atomic mass is 32.1. The van der Waals surface area contributed by atoms with E-state index in [1.807, 2.05) is 23.6 Å². The van der Waals surface area contributed by atoms with E-state index in [1.54, 1.807) is 5.51 Å². The Morgan fingerprint density at radius 1 is 1.44 bits per heavy atom. The molecule has 0 aliphatic carbocycles. The molecule has 2 heterocycles. The van der Waals surface area contributed by atoms with Crippen molar-refractivity contribution in [2.75, 3.05) is 6.61 Å². The average Bonchev–Trinajstić information content (AvgIpc) is 2.93. The van der Waals surface area contributed by atoms with Crippen molar-refractivity contribution in [1.82, 2.24) is 4.98 Å². The van der Waals surface area contributed by atoms with Crippen LogP contribution < -0.4 is 4.74 Å². The summed E-state index contributed by atoms with van der Waals surface area (Å²) in [4.78, 5) is 4.17. The third-order valence-electron chi connectivity index (χ3n) is 3.38. The SMILES string of the molecule is OC(CC1CCOc2ccccc21)c1cscn1. The number of nitrogens with zero attached hydrogens (tertiary/aromatic N) is 1. The van der Waals surface area contributed by atoms with Gasteiger partial charge in [-0.3, -0.25) is 0 Å². The van der Waals surface area contributed by atoms with Gasteiger partial charge in [0.25, 0.3) is 0 Å². The Hall–Kier alpha value is -1.39. The van der Waals surface area contributed by atoms with Crippen LogP contribution in [0.3, 0.4) is 0 Å². The minimum absolute atomic E-state index is 0.353. The number of aliphatic hydroxyl groups is 1. The number of aliphatic hydroxyl groups excluding tert-OH is 1. The highest BCUT2D eigenvalue weighted by Crippen LogP contribution is 2.38. The van der Waals surface area contributed by atoms with E-state index >= 15 is 0 Å². The molecular weight excluding hydrogens is 246 g/mol. The van der Waals surface area contributed by atoms with Gasteiger partial charge in [-0.25, -0.2) is 4.98 Å². The van der Waals surface area contributed by atoms with Gasteiger partial charge in [-0.1, -0.05) is 18.2 Å². The van der Waals surface area contributed by atoms with Crippen molar-refractivity contribution in [1.29, 1.82) is 0 Å². The van der Waals surface area contributed by atoms with Crippen LogP contribution in [0.2, 0.25) is 0 Å². The third kappa shape index (κ3) is 2.26. The Morgan fingerprint density at radius 2 is 2.33 bits per heavy atom. The largest absolute Gasteiger partial charge is 0.493 e. The molecule has 2 atom stereocenters. The molecular formula is C14H15NO2S. The predicted octanol–water partition coefficient (Wildman–Crippen LogP) is 3.13. The maximum atomic E-state index is 10.2. The Morgan fingerprint density at radius 3 is 3.17 bits per heavy atom. The lowest BCUT2D eigenvalue weighted by atomic mass is 9.88. The fraction of sp³-hybridized carbons (Fsp3) is 0.357. The number of para-hydroxylation sites is 1. The number of rotatable bonds is 3. The molecule has 1 aromatic carbocycles. The van der Waals surface area contributed by atoms with Gasteiger partial charge in [0.15, 0.2) is 0 Å². The van der Waals surface area contributed by atoms with Gasteiger partial charge in [0, 0.05) is 5.38 Å². The quantitative estimate of drug-likeness (QED) is 0.923. The van der Waals surface area contributed by atoms with Gasteiger partial charge < -0.3 is 9.84 Å². The van der Waals surface area contributed by atoms with Gasteiger partial charge in [0.05, 0.1) is 23.9 Å². The van der Waals surface area contributed by atoms with Gasteiger partial charge >= 0.3 is 0 Å². The van der Waals surface area contributed by atoms with Gasteiger partial charge in [0.1, 0.15) is 5.75 Å². The molecule has 1 aromatic heterocycles. The van der Waals surface area contributed by atoms with Crippen molar-refractivity contribution >= 4 is 11.3 Å². The molecule has 3 rings (SSSR count). The highest BCUT2D eigenvalue weighted by molar-refractivity contribution is 7.07. The molecule has 1 N–H and O–H groups in total. The van der Waals surface area contributed by atoms with Gasteiger partial charge in [-0.05, 0) is 30.4 Å². The summed E-state index contributed by atoms with van der Waals surface area (Å²) in [6.07, 6.45) is 1.19. The zero-order chi connectivity index (χ0) is 12.4. The van der Waals surface area contributed by atoms with Crippen LogP contribution in [-0.2, 0) is 0 Å². The first-order valence-corrected chi connectivity index (χ1v) is 7.07. The summed E-state index contributed by atoms with van der Waals surface area (Å²) in [7, 11) is 0. The number of hydrogen-bond donors (Lipinski definition) is 1. The molecule has 1 aliphatic heterocycles. The second-order valence-electron chi connectivity index (χ2n) is 4.54. The molecule has 0 radical (unpaired) electrons. The van der Waals surface area contributed by atoms with E-state index in [1.165, 1.54) is 16.9 Å². The molecule has 18 heavy (non-hydrogen) atoms. The van der Waals surface area contributed by atoms with Crippen LogP contribution in [0.4, 0.5) is 0 Å². The Bertz CT molecular complexity index is 512. The third-order valence-corrected chi connectivity index (χ3v) is 3.99. The first kappa shape index (κ1) is 11.7. The average molecular weight is 261 g/mol. The lowest BCUT2D eigenvalue weighted by Gasteiger charge is -2.27. The van der Waals surface area contributed by atoms with E-state index in [0.29, 0.717) is 12.3 Å². The minimum Gasteiger partial charge on any atom is -0.493 e. The molecule has 0 fully saturated rings. The number of benzene rings is 1. The van der Waals surface area contributed by atoms with Crippen molar-refractivity contribution in [3.05, 3.63) is 46.4 Å². The summed E-state index contributed by atoms with van der Waals surface area (Å²) in [5.41, 5.74) is 3.75. The molecule has 0 spiro atoms. The fourth-order valence-electron chi connectivity index (χ4n) is 2.44. The van der Waals surface area contributed by atoms with Crippen molar-refractivity contribution in [2.45, 2.75) is 24.9 Å². The second-order valence-corrected chi connectivity index (χ2v) is 5.26. The van der Waals surface area contributed by atoms with Crippen molar-refractivity contribution in [3.63, 3.8) is 0 Å². The number of fused-ring (bicyclic) bond motifs is 1. The van der Waals surface area contributed by atoms with E-state index in [4.69, 9.17) is 4.74 Å². The van der Waals surface area contributed by atoms with E-state index in [9.17, 15) is 5.11 Å². The predicted molar refractivity (Wildman–Crippen MR) is 71.0 cm³/mol.